The molecule has 0 heterocycles. The summed E-state index contributed by atoms with van der Waals surface area (Å²) in [6.45, 7) is 4.63. The summed E-state index contributed by atoms with van der Waals surface area (Å²) in [5, 5.41) is 3.29. The van der Waals surface area contributed by atoms with E-state index in [1.54, 1.807) is 0 Å². The molecule has 0 unspecified atom stereocenters. The van der Waals surface area contributed by atoms with Crippen LogP contribution in [0, 0.1) is 5.41 Å². The van der Waals surface area contributed by atoms with Crippen molar-refractivity contribution in [3.05, 3.63) is 0 Å². The quantitative estimate of drug-likeness (QED) is 0.542. The molecule has 1 rings (SSSR count). The third-order valence-corrected chi connectivity index (χ3v) is 2.37. The van der Waals surface area contributed by atoms with Gasteiger partial charge in [-0.1, -0.05) is 13.8 Å². The maximum Gasteiger partial charge on any atom is 0.0115 e. The predicted molar refractivity (Wildman–Crippen MR) is 35.9 cm³/mol. The van der Waals surface area contributed by atoms with Crippen LogP contribution in [0.2, 0.25) is 0 Å². The van der Waals surface area contributed by atoms with Crippen LogP contribution >= 0.6 is 0 Å². The Morgan fingerprint density at radius 2 is 2.12 bits per heavy atom. The predicted octanol–water partition coefficient (Wildman–Crippen LogP) is 1.39. The lowest BCUT2D eigenvalue weighted by atomic mass is 9.67. The van der Waals surface area contributed by atoms with Gasteiger partial charge in [0.2, 0.25) is 0 Å². The fraction of sp³-hybridized carbons (Fsp3) is 1.00. The van der Waals surface area contributed by atoms with Gasteiger partial charge in [0.15, 0.2) is 0 Å². The van der Waals surface area contributed by atoms with Crippen molar-refractivity contribution in [2.45, 2.75) is 32.7 Å². The third-order valence-electron chi connectivity index (χ3n) is 2.37. The molecule has 1 nitrogen and oxygen atoms in total. The average Bonchev–Trinajstić information content (AvgIpc) is 1.66. The van der Waals surface area contributed by atoms with Crippen molar-refractivity contribution in [2.24, 2.45) is 5.41 Å². The maximum absolute atomic E-state index is 3.29. The van der Waals surface area contributed by atoms with Crippen LogP contribution in [0.4, 0.5) is 0 Å². The lowest BCUT2D eigenvalue weighted by molar-refractivity contribution is 0.117. The third kappa shape index (κ3) is 0.752. The Kier molecular flexibility index (Phi) is 1.31. The fourth-order valence-corrected chi connectivity index (χ4v) is 1.40. The SMILES string of the molecule is CN[C@H]1CCC1(C)C. The second kappa shape index (κ2) is 1.73. The minimum Gasteiger partial charge on any atom is -0.316 e. The largest absolute Gasteiger partial charge is 0.316 e. The van der Waals surface area contributed by atoms with Crippen LogP contribution in [0.1, 0.15) is 26.7 Å². The van der Waals surface area contributed by atoms with Gasteiger partial charge in [-0.05, 0) is 25.3 Å². The van der Waals surface area contributed by atoms with Gasteiger partial charge in [-0.2, -0.15) is 0 Å². The lowest BCUT2D eigenvalue weighted by Gasteiger charge is -2.44. The number of nitrogens with one attached hydrogen (secondary N) is 1. The van der Waals surface area contributed by atoms with Gasteiger partial charge >= 0.3 is 0 Å². The summed E-state index contributed by atoms with van der Waals surface area (Å²) < 4.78 is 0. The first-order valence-electron chi connectivity index (χ1n) is 3.34. The van der Waals surface area contributed by atoms with Crippen LogP contribution in [0.25, 0.3) is 0 Å². The van der Waals surface area contributed by atoms with Crippen LogP contribution in [0.5, 0.6) is 0 Å². The van der Waals surface area contributed by atoms with Crippen molar-refractivity contribution < 1.29 is 0 Å². The van der Waals surface area contributed by atoms with E-state index in [0.717, 1.165) is 6.04 Å². The van der Waals surface area contributed by atoms with Crippen LogP contribution in [-0.4, -0.2) is 13.1 Å². The highest BCUT2D eigenvalue weighted by Gasteiger charge is 2.36. The molecular formula is C7H15N. The van der Waals surface area contributed by atoms with E-state index in [2.05, 4.69) is 19.2 Å². The van der Waals surface area contributed by atoms with Gasteiger partial charge in [0.25, 0.3) is 0 Å². The normalized spacial score (nSPS) is 34.1. The average molecular weight is 113 g/mol. The molecule has 0 aromatic carbocycles. The summed E-state index contributed by atoms with van der Waals surface area (Å²) in [6.07, 6.45) is 2.75. The van der Waals surface area contributed by atoms with Crippen LogP contribution in [0.3, 0.4) is 0 Å². The fourth-order valence-electron chi connectivity index (χ4n) is 1.40. The van der Waals surface area contributed by atoms with Gasteiger partial charge in [-0.3, -0.25) is 0 Å². The van der Waals surface area contributed by atoms with E-state index in [1.165, 1.54) is 12.8 Å². The Balaban J connectivity index is 2.37. The van der Waals surface area contributed by atoms with Gasteiger partial charge in [0.1, 0.15) is 0 Å². The zero-order chi connectivity index (χ0) is 6.20. The lowest BCUT2D eigenvalue weighted by Crippen LogP contribution is -2.48. The van der Waals surface area contributed by atoms with E-state index in [1.807, 2.05) is 7.05 Å². The Morgan fingerprint density at radius 1 is 1.50 bits per heavy atom. The molecule has 1 N–H and O–H groups in total. The van der Waals surface area contributed by atoms with Gasteiger partial charge in [0, 0.05) is 6.04 Å². The summed E-state index contributed by atoms with van der Waals surface area (Å²) in [6, 6.07) is 0.780. The molecule has 0 amide bonds. The smallest absolute Gasteiger partial charge is 0.0115 e. The second-order valence-electron chi connectivity index (χ2n) is 3.37. The molecule has 0 aromatic heterocycles. The van der Waals surface area contributed by atoms with E-state index in [-0.39, 0.29) is 0 Å². The monoisotopic (exact) mass is 113 g/mol. The van der Waals surface area contributed by atoms with Gasteiger partial charge in [-0.15, -0.1) is 0 Å². The molecule has 0 aliphatic heterocycles. The van der Waals surface area contributed by atoms with Crippen molar-refractivity contribution in [1.82, 2.24) is 5.32 Å². The van der Waals surface area contributed by atoms with Crippen molar-refractivity contribution >= 4 is 0 Å². The molecule has 1 saturated carbocycles. The standard InChI is InChI=1S/C7H15N/c1-7(2)5-4-6(7)8-3/h6,8H,4-5H2,1-3H3/t6-/m0/s1. The Bertz CT molecular complexity index is 84.4. The van der Waals surface area contributed by atoms with Gasteiger partial charge in [0.05, 0.1) is 0 Å². The Morgan fingerprint density at radius 3 is 2.12 bits per heavy atom. The van der Waals surface area contributed by atoms with Crippen molar-refractivity contribution in [3.63, 3.8) is 0 Å². The molecule has 1 fully saturated rings. The van der Waals surface area contributed by atoms with Crippen molar-refractivity contribution in [3.8, 4) is 0 Å². The van der Waals surface area contributed by atoms with E-state index < -0.39 is 0 Å². The summed E-state index contributed by atoms with van der Waals surface area (Å²) >= 11 is 0. The van der Waals surface area contributed by atoms with Crippen molar-refractivity contribution in [2.75, 3.05) is 7.05 Å². The summed E-state index contributed by atoms with van der Waals surface area (Å²) in [4.78, 5) is 0. The first kappa shape index (κ1) is 6.09. The highest BCUT2D eigenvalue weighted by atomic mass is 14.9. The van der Waals surface area contributed by atoms with E-state index in [9.17, 15) is 0 Å². The van der Waals surface area contributed by atoms with E-state index in [0.29, 0.717) is 5.41 Å². The van der Waals surface area contributed by atoms with Gasteiger partial charge in [-0.25, -0.2) is 0 Å². The molecule has 8 heavy (non-hydrogen) atoms. The first-order chi connectivity index (χ1) is 3.67. The molecule has 1 atom stereocenters. The molecule has 0 bridgehead atoms. The maximum atomic E-state index is 3.29. The Hall–Kier alpha value is -0.0400. The van der Waals surface area contributed by atoms with Crippen molar-refractivity contribution in [1.29, 1.82) is 0 Å². The summed E-state index contributed by atoms with van der Waals surface area (Å²) in [5.74, 6) is 0. The van der Waals surface area contributed by atoms with E-state index in [4.69, 9.17) is 0 Å². The molecule has 0 saturated heterocycles. The van der Waals surface area contributed by atoms with Crippen LogP contribution < -0.4 is 5.32 Å². The molecular weight excluding hydrogens is 98.1 g/mol. The van der Waals surface area contributed by atoms with E-state index >= 15 is 0 Å². The molecule has 1 aliphatic carbocycles. The molecule has 0 aromatic rings. The number of rotatable bonds is 1. The zero-order valence-electron chi connectivity index (χ0n) is 5.99. The summed E-state index contributed by atoms with van der Waals surface area (Å²) in [5.41, 5.74) is 0.578. The summed E-state index contributed by atoms with van der Waals surface area (Å²) in [7, 11) is 2.05. The molecule has 1 aliphatic rings. The highest BCUT2D eigenvalue weighted by Crippen LogP contribution is 2.39. The molecule has 1 heteroatoms. The second-order valence-corrected chi connectivity index (χ2v) is 3.37. The Labute approximate surface area is 51.5 Å². The van der Waals surface area contributed by atoms with Gasteiger partial charge < -0.3 is 5.32 Å². The molecule has 48 valence electrons. The molecule has 0 spiro atoms. The van der Waals surface area contributed by atoms with Crippen LogP contribution in [0.15, 0.2) is 0 Å². The number of hydrogen-bond donors (Lipinski definition) is 1. The number of hydrogen-bond acceptors (Lipinski definition) is 1. The highest BCUT2D eigenvalue weighted by molar-refractivity contribution is 4.92. The zero-order valence-corrected chi connectivity index (χ0v) is 5.99. The first-order valence-corrected chi connectivity index (χ1v) is 3.34. The van der Waals surface area contributed by atoms with Crippen LogP contribution in [-0.2, 0) is 0 Å². The topological polar surface area (TPSA) is 12.0 Å². The minimum absolute atomic E-state index is 0.578. The minimum atomic E-state index is 0.578. The molecule has 0 radical (unpaired) electrons.